The van der Waals surface area contributed by atoms with Crippen LogP contribution in [0.5, 0.6) is 5.75 Å². The van der Waals surface area contributed by atoms with Crippen LogP contribution in [0.1, 0.15) is 21.5 Å². The van der Waals surface area contributed by atoms with E-state index in [-0.39, 0.29) is 17.1 Å². The molecule has 4 nitrogen and oxygen atoms in total. The number of phenols is 1. The molecule has 0 aliphatic rings. The molecule has 5 heteroatoms. The summed E-state index contributed by atoms with van der Waals surface area (Å²) in [6.45, 7) is 0. The van der Waals surface area contributed by atoms with Gasteiger partial charge in [0.1, 0.15) is 17.1 Å². The number of benzene rings is 2. The number of carbonyl (C=O) groups excluding carboxylic acids is 1. The Hall–Kier alpha value is -3.00. The topological polar surface area (TPSA) is 49.8 Å². The van der Waals surface area contributed by atoms with Crippen molar-refractivity contribution in [1.29, 1.82) is 0 Å². The first-order valence-corrected chi connectivity index (χ1v) is 6.82. The van der Waals surface area contributed by atoms with Gasteiger partial charge >= 0.3 is 5.97 Å². The van der Waals surface area contributed by atoms with E-state index < -0.39 is 5.97 Å². The number of aromatic hydroxyl groups is 1. The van der Waals surface area contributed by atoms with Crippen LogP contribution in [0.15, 0.2) is 36.4 Å². The Labute approximate surface area is 134 Å². The molecule has 1 N–H and O–H groups in total. The van der Waals surface area contributed by atoms with Crippen LogP contribution < -0.4 is 4.90 Å². The van der Waals surface area contributed by atoms with Gasteiger partial charge in [-0.3, -0.25) is 0 Å². The van der Waals surface area contributed by atoms with Crippen LogP contribution in [0, 0.1) is 17.7 Å². The summed E-state index contributed by atoms with van der Waals surface area (Å²) in [6.07, 6.45) is 0. The Balaban J connectivity index is 2.54. The van der Waals surface area contributed by atoms with Crippen LogP contribution in [-0.4, -0.2) is 32.3 Å². The average molecular weight is 313 g/mol. The molecule has 0 aliphatic heterocycles. The number of hydrogen-bond donors (Lipinski definition) is 1. The van der Waals surface area contributed by atoms with Crippen LogP contribution >= 0.6 is 0 Å². The molecule has 2 rings (SSSR count). The fourth-order valence-corrected chi connectivity index (χ4v) is 2.03. The second-order valence-electron chi connectivity index (χ2n) is 5.03. The Kier molecular flexibility index (Phi) is 4.87. The number of halogens is 1. The summed E-state index contributed by atoms with van der Waals surface area (Å²) < 4.78 is 17.8. The minimum atomic E-state index is -0.651. The summed E-state index contributed by atoms with van der Waals surface area (Å²) in [4.78, 5) is 13.5. The summed E-state index contributed by atoms with van der Waals surface area (Å²) in [7, 11) is 4.82. The SMILES string of the molecule is COC(=O)c1cc(C#Cc2cccc(F)c2)c(N(C)C)cc1O. The fourth-order valence-electron chi connectivity index (χ4n) is 2.03. The van der Waals surface area contributed by atoms with Crippen LogP contribution in [0.4, 0.5) is 10.1 Å². The molecule has 0 heterocycles. The molecular weight excluding hydrogens is 297 g/mol. The third-order valence-electron chi connectivity index (χ3n) is 3.17. The highest BCUT2D eigenvalue weighted by molar-refractivity contribution is 5.94. The fraction of sp³-hybridized carbons (Fsp3) is 0.167. The Bertz CT molecular complexity index is 804. The normalized spacial score (nSPS) is 9.74. The van der Waals surface area contributed by atoms with E-state index in [1.807, 2.05) is 0 Å². The molecule has 0 saturated heterocycles. The van der Waals surface area contributed by atoms with Gasteiger partial charge in [-0.25, -0.2) is 9.18 Å². The van der Waals surface area contributed by atoms with E-state index in [0.717, 1.165) is 0 Å². The lowest BCUT2D eigenvalue weighted by atomic mass is 10.1. The lowest BCUT2D eigenvalue weighted by Gasteiger charge is -2.16. The molecule has 0 fully saturated rings. The first-order chi connectivity index (χ1) is 10.9. The maximum Gasteiger partial charge on any atom is 0.341 e. The largest absolute Gasteiger partial charge is 0.507 e. The molecule has 0 spiro atoms. The quantitative estimate of drug-likeness (QED) is 0.684. The molecule has 0 bridgehead atoms. The van der Waals surface area contributed by atoms with Crippen LogP contribution in [0.3, 0.4) is 0 Å². The number of rotatable bonds is 2. The monoisotopic (exact) mass is 313 g/mol. The van der Waals surface area contributed by atoms with Crippen molar-refractivity contribution in [3.63, 3.8) is 0 Å². The number of phenolic OH excluding ortho intramolecular Hbond substituents is 1. The van der Waals surface area contributed by atoms with Crippen molar-refractivity contribution in [1.82, 2.24) is 0 Å². The molecule has 0 unspecified atom stereocenters. The van der Waals surface area contributed by atoms with Crippen LogP contribution in [0.25, 0.3) is 0 Å². The number of anilines is 1. The third kappa shape index (κ3) is 3.80. The van der Waals surface area contributed by atoms with E-state index in [2.05, 4.69) is 16.6 Å². The van der Waals surface area contributed by atoms with Gasteiger partial charge in [0.2, 0.25) is 0 Å². The number of esters is 1. The zero-order valence-electron chi connectivity index (χ0n) is 13.1. The standard InChI is InChI=1S/C18H16FNO3/c1-20(2)16-11-17(21)15(18(22)23-3)10-13(16)8-7-12-5-4-6-14(19)9-12/h4-6,9-11,21H,1-3H3. The van der Waals surface area contributed by atoms with Gasteiger partial charge in [0.05, 0.1) is 12.8 Å². The number of hydrogen-bond acceptors (Lipinski definition) is 4. The minimum Gasteiger partial charge on any atom is -0.507 e. The summed E-state index contributed by atoms with van der Waals surface area (Å²) in [5.41, 5.74) is 1.71. The molecule has 23 heavy (non-hydrogen) atoms. The lowest BCUT2D eigenvalue weighted by molar-refractivity contribution is 0.0597. The average Bonchev–Trinajstić information content (AvgIpc) is 2.52. The summed E-state index contributed by atoms with van der Waals surface area (Å²) >= 11 is 0. The molecular formula is C18H16FNO3. The van der Waals surface area contributed by atoms with Crippen molar-refractivity contribution in [2.24, 2.45) is 0 Å². The van der Waals surface area contributed by atoms with Gasteiger partial charge in [-0.15, -0.1) is 0 Å². The van der Waals surface area contributed by atoms with E-state index in [1.54, 1.807) is 31.1 Å². The zero-order valence-corrected chi connectivity index (χ0v) is 13.1. The van der Waals surface area contributed by atoms with E-state index >= 15 is 0 Å². The second kappa shape index (κ2) is 6.84. The molecule has 2 aromatic rings. The molecule has 0 amide bonds. The number of methoxy groups -OCH3 is 1. The minimum absolute atomic E-state index is 0.0293. The van der Waals surface area contributed by atoms with Gasteiger partial charge < -0.3 is 14.7 Å². The van der Waals surface area contributed by atoms with Crippen molar-refractivity contribution >= 4 is 11.7 Å². The van der Waals surface area contributed by atoms with Crippen molar-refractivity contribution in [3.8, 4) is 17.6 Å². The Morgan fingerprint density at radius 2 is 1.96 bits per heavy atom. The van der Waals surface area contributed by atoms with Gasteiger partial charge in [-0.2, -0.15) is 0 Å². The highest BCUT2D eigenvalue weighted by atomic mass is 19.1. The molecule has 0 aliphatic carbocycles. The summed E-state index contributed by atoms with van der Waals surface area (Å²) in [5, 5.41) is 9.96. The predicted molar refractivity (Wildman–Crippen MR) is 86.2 cm³/mol. The Morgan fingerprint density at radius 3 is 2.57 bits per heavy atom. The molecule has 118 valence electrons. The first kappa shape index (κ1) is 16.4. The molecule has 0 atom stereocenters. The van der Waals surface area contributed by atoms with Crippen LogP contribution in [-0.2, 0) is 4.74 Å². The van der Waals surface area contributed by atoms with E-state index in [9.17, 15) is 14.3 Å². The van der Waals surface area contributed by atoms with Crippen molar-refractivity contribution in [2.75, 3.05) is 26.1 Å². The van der Waals surface area contributed by atoms with Gasteiger partial charge in [-0.05, 0) is 24.3 Å². The van der Waals surface area contributed by atoms with E-state index in [1.165, 1.54) is 31.4 Å². The van der Waals surface area contributed by atoms with Gasteiger partial charge in [0.15, 0.2) is 0 Å². The van der Waals surface area contributed by atoms with Gasteiger partial charge in [0, 0.05) is 31.3 Å². The van der Waals surface area contributed by atoms with Crippen molar-refractivity contribution < 1.29 is 19.0 Å². The second-order valence-corrected chi connectivity index (χ2v) is 5.03. The van der Waals surface area contributed by atoms with Gasteiger partial charge in [0.25, 0.3) is 0 Å². The van der Waals surface area contributed by atoms with Crippen LogP contribution in [0.2, 0.25) is 0 Å². The smallest absolute Gasteiger partial charge is 0.341 e. The summed E-state index contributed by atoms with van der Waals surface area (Å²) in [6, 6.07) is 8.83. The van der Waals surface area contributed by atoms with E-state index in [4.69, 9.17) is 0 Å². The maximum atomic E-state index is 13.2. The molecule has 2 aromatic carbocycles. The molecule has 0 aromatic heterocycles. The zero-order chi connectivity index (χ0) is 17.0. The number of ether oxygens (including phenoxy) is 1. The number of nitrogens with zero attached hydrogens (tertiary/aromatic N) is 1. The van der Waals surface area contributed by atoms with Gasteiger partial charge in [-0.1, -0.05) is 17.9 Å². The third-order valence-corrected chi connectivity index (χ3v) is 3.17. The first-order valence-electron chi connectivity index (χ1n) is 6.82. The van der Waals surface area contributed by atoms with Crippen molar-refractivity contribution in [2.45, 2.75) is 0 Å². The van der Waals surface area contributed by atoms with E-state index in [0.29, 0.717) is 16.8 Å². The lowest BCUT2D eigenvalue weighted by Crippen LogP contribution is -2.12. The summed E-state index contributed by atoms with van der Waals surface area (Å²) in [5.74, 6) is 4.55. The van der Waals surface area contributed by atoms with Crippen molar-refractivity contribution in [3.05, 3.63) is 58.9 Å². The molecule has 0 radical (unpaired) electrons. The molecule has 0 saturated carbocycles. The maximum absolute atomic E-state index is 13.2. The number of carbonyl (C=O) groups is 1. The highest BCUT2D eigenvalue weighted by Gasteiger charge is 2.16. The Morgan fingerprint density at radius 1 is 1.22 bits per heavy atom. The predicted octanol–water partition coefficient (Wildman–Crippen LogP) is 2.78. The highest BCUT2D eigenvalue weighted by Crippen LogP contribution is 2.28.